The molecule has 2 atom stereocenters. The van der Waals surface area contributed by atoms with Crippen LogP contribution in [-0.4, -0.2) is 44.1 Å². The van der Waals surface area contributed by atoms with Crippen LogP contribution in [0.3, 0.4) is 0 Å². The summed E-state index contributed by atoms with van der Waals surface area (Å²) in [6, 6.07) is 8.32. The number of carbonyl (C=O) groups is 1. The Labute approximate surface area is 218 Å². The van der Waals surface area contributed by atoms with Crippen molar-refractivity contribution in [3.63, 3.8) is 0 Å². The van der Waals surface area contributed by atoms with Gasteiger partial charge in [0.25, 0.3) is 0 Å². The van der Waals surface area contributed by atoms with Crippen molar-refractivity contribution in [1.29, 1.82) is 0 Å². The molecule has 1 aliphatic carbocycles. The second kappa shape index (κ2) is 10.6. The number of aliphatic hydroxyl groups excluding tert-OH is 1. The Morgan fingerprint density at radius 1 is 1.24 bits per heavy atom. The van der Waals surface area contributed by atoms with Crippen molar-refractivity contribution in [3.05, 3.63) is 53.1 Å². The highest BCUT2D eigenvalue weighted by atomic mass is 16.6. The van der Waals surface area contributed by atoms with E-state index in [-0.39, 0.29) is 29.7 Å². The lowest BCUT2D eigenvalue weighted by atomic mass is 9.76. The minimum Gasteiger partial charge on any atom is -0.512 e. The summed E-state index contributed by atoms with van der Waals surface area (Å²) in [5, 5.41) is 19.0. The Morgan fingerprint density at radius 3 is 2.70 bits per heavy atom. The van der Waals surface area contributed by atoms with Crippen molar-refractivity contribution in [1.82, 2.24) is 14.8 Å². The minimum absolute atomic E-state index is 0.118. The number of hydrogen-bond donors (Lipinski definition) is 2. The number of allylic oxidation sites excluding steroid dienone is 1. The Bertz CT molecular complexity index is 1190. The van der Waals surface area contributed by atoms with Gasteiger partial charge in [0.05, 0.1) is 12.2 Å². The molecule has 2 N–H and O–H groups in total. The first-order valence-electron chi connectivity index (χ1n) is 13.6. The Kier molecular flexibility index (Phi) is 7.26. The van der Waals surface area contributed by atoms with Gasteiger partial charge in [0, 0.05) is 24.6 Å². The van der Waals surface area contributed by atoms with E-state index in [4.69, 9.17) is 9.47 Å². The molecule has 37 heavy (non-hydrogen) atoms. The van der Waals surface area contributed by atoms with Gasteiger partial charge in [0.2, 0.25) is 5.95 Å². The molecule has 1 fully saturated rings. The third-order valence-electron chi connectivity index (χ3n) is 7.86. The predicted molar refractivity (Wildman–Crippen MR) is 142 cm³/mol. The molecule has 0 radical (unpaired) electrons. The molecule has 198 valence electrons. The molecule has 3 aliphatic rings. The molecular weight excluding hydrogens is 468 g/mol. The zero-order chi connectivity index (χ0) is 26.0. The van der Waals surface area contributed by atoms with Crippen molar-refractivity contribution < 1.29 is 19.4 Å². The Balaban J connectivity index is 1.33. The quantitative estimate of drug-likeness (QED) is 0.427. The van der Waals surface area contributed by atoms with E-state index in [9.17, 15) is 9.90 Å². The molecule has 2 unspecified atom stereocenters. The number of aryl methyl sites for hydroxylation is 1. The van der Waals surface area contributed by atoms with Gasteiger partial charge >= 0.3 is 5.97 Å². The highest BCUT2D eigenvalue weighted by Crippen LogP contribution is 2.46. The van der Waals surface area contributed by atoms with Gasteiger partial charge in [-0.05, 0) is 75.6 Å². The van der Waals surface area contributed by atoms with Crippen LogP contribution in [0.5, 0.6) is 5.75 Å². The van der Waals surface area contributed by atoms with Crippen LogP contribution in [0.2, 0.25) is 0 Å². The number of nitrogens with zero attached hydrogens (tertiary/aromatic N) is 3. The predicted octanol–water partition coefficient (Wildman–Crippen LogP) is 5.61. The summed E-state index contributed by atoms with van der Waals surface area (Å²) in [4.78, 5) is 17.9. The number of benzene rings is 1. The summed E-state index contributed by atoms with van der Waals surface area (Å²) < 4.78 is 13.7. The molecule has 2 aromatic rings. The average molecular weight is 507 g/mol. The molecular formula is C29H38N4O4. The van der Waals surface area contributed by atoms with Crippen LogP contribution in [-0.2, 0) is 22.4 Å². The van der Waals surface area contributed by atoms with Crippen LogP contribution < -0.4 is 10.1 Å². The summed E-state index contributed by atoms with van der Waals surface area (Å²) in [6.45, 7) is 6.82. The van der Waals surface area contributed by atoms with Crippen molar-refractivity contribution in [2.45, 2.75) is 90.2 Å². The maximum absolute atomic E-state index is 13.4. The fourth-order valence-electron chi connectivity index (χ4n) is 5.92. The maximum Gasteiger partial charge on any atom is 0.338 e. The number of fused-ring (bicyclic) bond motifs is 1. The first-order valence-corrected chi connectivity index (χ1v) is 13.6. The van der Waals surface area contributed by atoms with Crippen molar-refractivity contribution in [2.24, 2.45) is 5.92 Å². The van der Waals surface area contributed by atoms with Crippen LogP contribution in [0.4, 0.5) is 5.95 Å². The zero-order valence-corrected chi connectivity index (χ0v) is 22.1. The van der Waals surface area contributed by atoms with Crippen molar-refractivity contribution >= 4 is 17.6 Å². The molecule has 2 aliphatic heterocycles. The Hall–Kier alpha value is -3.29. The summed E-state index contributed by atoms with van der Waals surface area (Å²) in [6.07, 6.45) is 9.28. The van der Waals surface area contributed by atoms with E-state index in [0.717, 1.165) is 50.0 Å². The van der Waals surface area contributed by atoms with Crippen molar-refractivity contribution in [2.75, 3.05) is 11.9 Å². The second-order valence-electron chi connectivity index (χ2n) is 10.7. The van der Waals surface area contributed by atoms with E-state index >= 15 is 0 Å². The van der Waals surface area contributed by atoms with Gasteiger partial charge in [-0.25, -0.2) is 9.48 Å². The third kappa shape index (κ3) is 5.38. The number of rotatable bonds is 9. The van der Waals surface area contributed by atoms with Crippen LogP contribution in [0.25, 0.3) is 5.70 Å². The highest BCUT2D eigenvalue weighted by Gasteiger charge is 2.48. The normalized spacial score (nSPS) is 23.9. The fraction of sp³-hybridized carbons (Fsp3) is 0.552. The number of carbonyl (C=O) groups excluding carboxylic acids is 1. The number of cyclic esters (lactones) is 1. The van der Waals surface area contributed by atoms with Gasteiger partial charge in [-0.3, -0.25) is 0 Å². The molecule has 8 heteroatoms. The first-order chi connectivity index (χ1) is 17.9. The summed E-state index contributed by atoms with van der Waals surface area (Å²) in [5.74, 6) is 1.94. The molecule has 3 heterocycles. The third-order valence-corrected chi connectivity index (χ3v) is 7.86. The summed E-state index contributed by atoms with van der Waals surface area (Å²) >= 11 is 0. The first kappa shape index (κ1) is 25.4. The zero-order valence-electron chi connectivity index (χ0n) is 22.1. The molecule has 0 bridgehead atoms. The van der Waals surface area contributed by atoms with Crippen LogP contribution in [0.1, 0.15) is 77.1 Å². The van der Waals surface area contributed by atoms with E-state index in [1.165, 1.54) is 5.56 Å². The topological polar surface area (TPSA) is 98.5 Å². The van der Waals surface area contributed by atoms with Gasteiger partial charge in [-0.1, -0.05) is 31.9 Å². The monoisotopic (exact) mass is 506 g/mol. The van der Waals surface area contributed by atoms with E-state index in [0.29, 0.717) is 31.2 Å². The molecule has 1 aromatic carbocycles. The number of hydrogen-bond acceptors (Lipinski definition) is 7. The lowest BCUT2D eigenvalue weighted by Gasteiger charge is -2.41. The maximum atomic E-state index is 13.4. The largest absolute Gasteiger partial charge is 0.512 e. The fourth-order valence-corrected chi connectivity index (χ4v) is 5.92. The Morgan fingerprint density at radius 2 is 2.00 bits per heavy atom. The number of aliphatic hydroxyl groups is 1. The van der Waals surface area contributed by atoms with Crippen LogP contribution in [0.15, 0.2) is 41.7 Å². The minimum atomic E-state index is -0.685. The van der Waals surface area contributed by atoms with E-state index < -0.39 is 11.6 Å². The van der Waals surface area contributed by atoms with Gasteiger partial charge in [-0.15, -0.1) is 5.10 Å². The van der Waals surface area contributed by atoms with Gasteiger partial charge in [0.15, 0.2) is 5.82 Å². The van der Waals surface area contributed by atoms with Gasteiger partial charge < -0.3 is 19.9 Å². The van der Waals surface area contributed by atoms with Crippen LogP contribution >= 0.6 is 0 Å². The molecule has 1 saturated carbocycles. The molecule has 8 nitrogen and oxygen atoms in total. The number of nitrogens with one attached hydrogen (secondary N) is 1. The number of ether oxygens (including phenoxy) is 2. The van der Waals surface area contributed by atoms with E-state index in [1.807, 2.05) is 26.0 Å². The van der Waals surface area contributed by atoms with Crippen molar-refractivity contribution in [3.8, 4) is 5.75 Å². The second-order valence-corrected chi connectivity index (χ2v) is 10.7. The van der Waals surface area contributed by atoms with Gasteiger partial charge in [-0.2, -0.15) is 4.98 Å². The number of esters is 1. The molecule has 0 saturated heterocycles. The molecule has 0 spiro atoms. The van der Waals surface area contributed by atoms with E-state index in [1.54, 1.807) is 4.68 Å². The summed E-state index contributed by atoms with van der Waals surface area (Å²) in [5.41, 5.74) is 1.73. The van der Waals surface area contributed by atoms with Gasteiger partial charge in [0.1, 0.15) is 17.1 Å². The van der Waals surface area contributed by atoms with Crippen LogP contribution in [0, 0.1) is 5.92 Å². The SMILES string of the molecule is CCCOc1ccc(CCC2(C3CCCC3)CC(O)=C(Cc3nc4n(n3)C(C)=CC(C)N4)C(=O)O2)cc1. The average Bonchev–Trinajstić information content (AvgIpc) is 3.55. The molecule has 1 aromatic heterocycles. The summed E-state index contributed by atoms with van der Waals surface area (Å²) in [7, 11) is 0. The molecule has 5 rings (SSSR count). The number of anilines is 1. The number of aromatic nitrogens is 3. The standard InChI is InChI=1S/C29H38N4O4/c1-4-15-36-23-11-9-21(10-12-23)13-14-29(22-7-5-6-8-22)18-25(34)24(27(35)37-29)17-26-31-28-30-19(2)16-20(3)33(28)32-26/h9-12,16,19,22,34H,4-8,13-15,17-18H2,1-3H3,(H,30,31,32). The smallest absolute Gasteiger partial charge is 0.338 e. The van der Waals surface area contributed by atoms with E-state index in [2.05, 4.69) is 40.5 Å². The lowest BCUT2D eigenvalue weighted by Crippen LogP contribution is -2.46. The highest BCUT2D eigenvalue weighted by molar-refractivity contribution is 5.90. The lowest BCUT2D eigenvalue weighted by molar-refractivity contribution is -0.167. The molecule has 0 amide bonds.